The topological polar surface area (TPSA) is 68.1 Å². The number of hydrogen-bond acceptors (Lipinski definition) is 4. The molecule has 4 aromatic rings. The molecule has 1 N–H and O–H groups in total. The smallest absolute Gasteiger partial charge is 0.260 e. The van der Waals surface area contributed by atoms with Crippen molar-refractivity contribution in [2.45, 2.75) is 0 Å². The molecule has 2 aromatic carbocycles. The van der Waals surface area contributed by atoms with E-state index in [4.69, 9.17) is 9.26 Å². The van der Waals surface area contributed by atoms with Gasteiger partial charge in [-0.1, -0.05) is 35.5 Å². The van der Waals surface area contributed by atoms with Gasteiger partial charge in [0.05, 0.1) is 6.20 Å². The van der Waals surface area contributed by atoms with Crippen LogP contribution in [0.2, 0.25) is 0 Å². The molecule has 0 saturated carbocycles. The van der Waals surface area contributed by atoms with E-state index in [1.807, 2.05) is 54.6 Å². The summed E-state index contributed by atoms with van der Waals surface area (Å²) in [4.78, 5) is 14.4. The summed E-state index contributed by atoms with van der Waals surface area (Å²) in [5.41, 5.74) is 1.95. The van der Waals surface area contributed by atoms with Crippen LogP contribution in [0.4, 0.5) is 0 Å². The summed E-state index contributed by atoms with van der Waals surface area (Å²) in [5, 5.41) is 4.14. The van der Waals surface area contributed by atoms with Crippen molar-refractivity contribution in [2.24, 2.45) is 0 Å². The third-order valence-electron chi connectivity index (χ3n) is 3.55. The first-order valence-electron chi connectivity index (χ1n) is 7.11. The van der Waals surface area contributed by atoms with Crippen LogP contribution in [0.5, 0.6) is 11.5 Å². The highest BCUT2D eigenvalue weighted by Gasteiger charge is 2.11. The van der Waals surface area contributed by atoms with Crippen LogP contribution < -0.4 is 10.3 Å². The zero-order valence-electron chi connectivity index (χ0n) is 12.0. The third kappa shape index (κ3) is 2.48. The minimum atomic E-state index is -0.214. The lowest BCUT2D eigenvalue weighted by Gasteiger charge is -2.07. The van der Waals surface area contributed by atoms with E-state index < -0.39 is 0 Å². The van der Waals surface area contributed by atoms with E-state index >= 15 is 0 Å². The standard InChI is InChI=1S/C18H12N2O3/c21-18-16-11-20-23-17(16)15(10-19-18)12-6-8-14(9-7-12)22-13-4-2-1-3-5-13/h1-11H,(H,19,21). The average Bonchev–Trinajstić information content (AvgIpc) is 3.08. The van der Waals surface area contributed by atoms with Gasteiger partial charge in [-0.25, -0.2) is 0 Å². The maximum atomic E-state index is 11.7. The van der Waals surface area contributed by atoms with Crippen molar-refractivity contribution in [1.82, 2.24) is 10.1 Å². The van der Waals surface area contributed by atoms with E-state index in [0.29, 0.717) is 11.0 Å². The molecule has 0 amide bonds. The minimum Gasteiger partial charge on any atom is -0.457 e. The molecular formula is C18H12N2O3. The van der Waals surface area contributed by atoms with Crippen LogP contribution in [0, 0.1) is 0 Å². The number of para-hydroxylation sites is 1. The van der Waals surface area contributed by atoms with Gasteiger partial charge in [-0.2, -0.15) is 0 Å². The van der Waals surface area contributed by atoms with Crippen molar-refractivity contribution in [3.05, 3.63) is 77.3 Å². The molecule has 4 rings (SSSR count). The monoisotopic (exact) mass is 304 g/mol. The molecule has 0 aliphatic rings. The van der Waals surface area contributed by atoms with Gasteiger partial charge in [-0.05, 0) is 29.8 Å². The fraction of sp³-hybridized carbons (Fsp3) is 0. The van der Waals surface area contributed by atoms with Crippen LogP contribution in [-0.4, -0.2) is 10.1 Å². The van der Waals surface area contributed by atoms with E-state index in [1.54, 1.807) is 6.20 Å². The van der Waals surface area contributed by atoms with Crippen LogP contribution in [0.3, 0.4) is 0 Å². The van der Waals surface area contributed by atoms with Crippen molar-refractivity contribution in [3.63, 3.8) is 0 Å². The average molecular weight is 304 g/mol. The van der Waals surface area contributed by atoms with E-state index in [-0.39, 0.29) is 5.56 Å². The molecule has 0 unspecified atom stereocenters. The van der Waals surface area contributed by atoms with Gasteiger partial charge in [0.15, 0.2) is 5.58 Å². The molecule has 112 valence electrons. The second-order valence-electron chi connectivity index (χ2n) is 5.04. The number of nitrogens with one attached hydrogen (secondary N) is 1. The Morgan fingerprint density at radius 3 is 2.48 bits per heavy atom. The minimum absolute atomic E-state index is 0.214. The van der Waals surface area contributed by atoms with Crippen LogP contribution in [0.25, 0.3) is 22.1 Å². The molecule has 23 heavy (non-hydrogen) atoms. The SMILES string of the molecule is O=c1[nH]cc(-c2ccc(Oc3ccccc3)cc2)c2oncc12. The van der Waals surface area contributed by atoms with Crippen molar-refractivity contribution >= 4 is 11.0 Å². The maximum absolute atomic E-state index is 11.7. The number of rotatable bonds is 3. The van der Waals surface area contributed by atoms with Gasteiger partial charge in [0.2, 0.25) is 0 Å². The van der Waals surface area contributed by atoms with Gasteiger partial charge in [0, 0.05) is 11.8 Å². The Kier molecular flexibility index (Phi) is 3.16. The predicted octanol–water partition coefficient (Wildman–Crippen LogP) is 3.98. The quantitative estimate of drug-likeness (QED) is 0.621. The molecule has 2 aromatic heterocycles. The number of fused-ring (bicyclic) bond motifs is 1. The molecule has 5 nitrogen and oxygen atoms in total. The first-order valence-corrected chi connectivity index (χ1v) is 7.11. The first kappa shape index (κ1) is 13.3. The zero-order chi connectivity index (χ0) is 15.6. The van der Waals surface area contributed by atoms with Crippen molar-refractivity contribution in [2.75, 3.05) is 0 Å². The number of nitrogens with zero attached hydrogens (tertiary/aromatic N) is 1. The fourth-order valence-electron chi connectivity index (χ4n) is 2.42. The summed E-state index contributed by atoms with van der Waals surface area (Å²) in [6, 6.07) is 17.1. The molecule has 0 atom stereocenters. The van der Waals surface area contributed by atoms with E-state index in [9.17, 15) is 4.79 Å². The molecule has 0 aliphatic carbocycles. The second-order valence-corrected chi connectivity index (χ2v) is 5.04. The Hall–Kier alpha value is -3.34. The molecule has 0 radical (unpaired) electrons. The molecular weight excluding hydrogens is 292 g/mol. The number of hydrogen-bond donors (Lipinski definition) is 1. The Balaban J connectivity index is 1.69. The summed E-state index contributed by atoms with van der Waals surface area (Å²) in [7, 11) is 0. The van der Waals surface area contributed by atoms with Crippen LogP contribution in [-0.2, 0) is 0 Å². The van der Waals surface area contributed by atoms with Gasteiger partial charge in [-0.15, -0.1) is 0 Å². The summed E-state index contributed by atoms with van der Waals surface area (Å²) in [5.74, 6) is 1.51. The highest BCUT2D eigenvalue weighted by Crippen LogP contribution is 2.29. The van der Waals surface area contributed by atoms with E-state index in [0.717, 1.165) is 22.6 Å². The molecule has 5 heteroatoms. The Morgan fingerprint density at radius 1 is 0.957 bits per heavy atom. The van der Waals surface area contributed by atoms with Gasteiger partial charge in [-0.3, -0.25) is 4.79 Å². The van der Waals surface area contributed by atoms with E-state index in [1.165, 1.54) is 6.20 Å². The lowest BCUT2D eigenvalue weighted by molar-refractivity contribution is 0.457. The number of benzene rings is 2. The van der Waals surface area contributed by atoms with Crippen molar-refractivity contribution in [3.8, 4) is 22.6 Å². The van der Waals surface area contributed by atoms with Crippen LogP contribution in [0.1, 0.15) is 0 Å². The van der Waals surface area contributed by atoms with E-state index in [2.05, 4.69) is 10.1 Å². The summed E-state index contributed by atoms with van der Waals surface area (Å²) < 4.78 is 11.0. The van der Waals surface area contributed by atoms with Crippen LogP contribution in [0.15, 0.2) is 76.3 Å². The number of H-pyrrole nitrogens is 1. The fourth-order valence-corrected chi connectivity index (χ4v) is 2.42. The maximum Gasteiger partial charge on any atom is 0.260 e. The Labute approximate surface area is 131 Å². The second kappa shape index (κ2) is 5.46. The molecule has 0 spiro atoms. The number of ether oxygens (including phenoxy) is 1. The number of pyridine rings is 1. The normalized spacial score (nSPS) is 10.8. The van der Waals surface area contributed by atoms with Gasteiger partial charge < -0.3 is 14.2 Å². The number of aromatic nitrogens is 2. The largest absolute Gasteiger partial charge is 0.457 e. The first-order chi connectivity index (χ1) is 11.3. The molecule has 0 aliphatic heterocycles. The van der Waals surface area contributed by atoms with Gasteiger partial charge in [0.1, 0.15) is 16.9 Å². The summed E-state index contributed by atoms with van der Waals surface area (Å²) in [6.07, 6.45) is 3.05. The molecule has 0 saturated heterocycles. The molecule has 2 heterocycles. The lowest BCUT2D eigenvalue weighted by Crippen LogP contribution is -2.04. The lowest BCUT2D eigenvalue weighted by atomic mass is 10.1. The van der Waals surface area contributed by atoms with Crippen LogP contribution >= 0.6 is 0 Å². The van der Waals surface area contributed by atoms with Crippen molar-refractivity contribution < 1.29 is 9.26 Å². The Morgan fingerprint density at radius 2 is 1.70 bits per heavy atom. The molecule has 0 bridgehead atoms. The van der Waals surface area contributed by atoms with Gasteiger partial charge in [0.25, 0.3) is 5.56 Å². The van der Waals surface area contributed by atoms with Crippen molar-refractivity contribution in [1.29, 1.82) is 0 Å². The Bertz CT molecular complexity index is 1000. The molecule has 0 fully saturated rings. The highest BCUT2D eigenvalue weighted by atomic mass is 16.5. The van der Waals surface area contributed by atoms with Gasteiger partial charge >= 0.3 is 0 Å². The number of aromatic amines is 1. The third-order valence-corrected chi connectivity index (χ3v) is 3.55. The predicted molar refractivity (Wildman–Crippen MR) is 86.6 cm³/mol. The summed E-state index contributed by atoms with van der Waals surface area (Å²) in [6.45, 7) is 0. The summed E-state index contributed by atoms with van der Waals surface area (Å²) >= 11 is 0. The highest BCUT2D eigenvalue weighted by molar-refractivity contribution is 5.90. The zero-order valence-corrected chi connectivity index (χ0v) is 12.0.